The number of rotatable bonds is 10. The van der Waals surface area contributed by atoms with Crippen LogP contribution in [0.4, 0.5) is 5.82 Å². The number of anilines is 1. The molecule has 1 fully saturated rings. The number of likely N-dealkylation sites (N-methyl/N-ethyl adjacent to an activating group) is 1. The molecule has 0 radical (unpaired) electrons. The number of carbonyl (C=O) groups excluding carboxylic acids is 2. The van der Waals surface area contributed by atoms with E-state index in [9.17, 15) is 14.7 Å². The van der Waals surface area contributed by atoms with Crippen molar-refractivity contribution in [2.45, 2.75) is 37.6 Å². The Morgan fingerprint density at radius 2 is 1.95 bits per heavy atom. The number of hydrogen-bond acceptors (Lipinski definition) is 10. The van der Waals surface area contributed by atoms with Crippen molar-refractivity contribution < 1.29 is 24.2 Å². The van der Waals surface area contributed by atoms with Crippen LogP contribution in [0.3, 0.4) is 0 Å². The highest BCUT2D eigenvalue weighted by Gasteiger charge is 2.46. The molecule has 41 heavy (non-hydrogen) atoms. The summed E-state index contributed by atoms with van der Waals surface area (Å²) in [7, 11) is 1.47. The molecule has 1 aliphatic rings. The van der Waals surface area contributed by atoms with Crippen molar-refractivity contribution in [3.8, 4) is 5.75 Å². The average Bonchev–Trinajstić information content (AvgIpc) is 3.55. The Bertz CT molecular complexity index is 1530. The summed E-state index contributed by atoms with van der Waals surface area (Å²) in [4.78, 5) is 37.5. The number of carbonyl (C=O) groups is 2. The van der Waals surface area contributed by atoms with Gasteiger partial charge < -0.3 is 36.3 Å². The molecule has 1 saturated heterocycles. The number of fused-ring (bicyclic) bond motifs is 1. The van der Waals surface area contributed by atoms with Crippen LogP contribution < -0.4 is 26.4 Å². The Balaban J connectivity index is 1.27. The van der Waals surface area contributed by atoms with Gasteiger partial charge in [0, 0.05) is 30.7 Å². The van der Waals surface area contributed by atoms with Crippen molar-refractivity contribution in [2.24, 2.45) is 5.73 Å². The molecule has 0 spiro atoms. The molecule has 2 aromatic heterocycles. The molecule has 6 N–H and O–H groups in total. The third kappa shape index (κ3) is 6.23. The summed E-state index contributed by atoms with van der Waals surface area (Å²) in [5.41, 5.74) is 8.48. The largest absolute Gasteiger partial charge is 0.483 e. The summed E-state index contributed by atoms with van der Waals surface area (Å²) in [5, 5.41) is 19.7. The minimum Gasteiger partial charge on any atom is -0.483 e. The van der Waals surface area contributed by atoms with Gasteiger partial charge in [-0.3, -0.25) is 14.2 Å². The Labute approximate surface area is 240 Å². The van der Waals surface area contributed by atoms with Crippen molar-refractivity contribution in [3.05, 3.63) is 77.3 Å². The number of ether oxygens (including phenoxy) is 2. The van der Waals surface area contributed by atoms with E-state index >= 15 is 0 Å². The fraction of sp³-hybridized carbons (Fsp3) is 0.296. The quantitative estimate of drug-likeness (QED) is 0.182. The molecule has 0 saturated carbocycles. The van der Waals surface area contributed by atoms with E-state index in [0.717, 1.165) is 5.56 Å². The van der Waals surface area contributed by atoms with Crippen LogP contribution in [0.5, 0.6) is 5.75 Å². The smallest absolute Gasteiger partial charge is 0.258 e. The predicted octanol–water partition coefficient (Wildman–Crippen LogP) is 1.12. The first-order valence-electron chi connectivity index (χ1n) is 12.8. The van der Waals surface area contributed by atoms with E-state index in [0.29, 0.717) is 39.9 Å². The van der Waals surface area contributed by atoms with Crippen LogP contribution in [0.25, 0.3) is 11.2 Å². The van der Waals surface area contributed by atoms with Crippen molar-refractivity contribution in [2.75, 3.05) is 19.0 Å². The van der Waals surface area contributed by atoms with Gasteiger partial charge in [0.05, 0.1) is 12.4 Å². The van der Waals surface area contributed by atoms with Gasteiger partial charge in [0.2, 0.25) is 0 Å². The fourth-order valence-corrected chi connectivity index (χ4v) is 4.66. The monoisotopic (exact) mass is 580 g/mol. The first kappa shape index (κ1) is 28.2. The van der Waals surface area contributed by atoms with Crippen LogP contribution >= 0.6 is 11.6 Å². The number of imidazole rings is 1. The highest BCUT2D eigenvalue weighted by Crippen LogP contribution is 2.32. The first-order chi connectivity index (χ1) is 19.9. The van der Waals surface area contributed by atoms with Gasteiger partial charge in [0.15, 0.2) is 35.9 Å². The van der Waals surface area contributed by atoms with Crippen molar-refractivity contribution >= 4 is 40.4 Å². The molecule has 3 heterocycles. The van der Waals surface area contributed by atoms with Crippen molar-refractivity contribution in [3.63, 3.8) is 0 Å². The zero-order valence-corrected chi connectivity index (χ0v) is 22.8. The number of nitrogens with zero attached hydrogens (tertiary/aromatic N) is 4. The van der Waals surface area contributed by atoms with E-state index in [1.165, 1.54) is 24.3 Å². The summed E-state index contributed by atoms with van der Waals surface area (Å²) in [6, 6.07) is 13.7. The molecule has 0 aliphatic carbocycles. The topological polar surface area (TPSA) is 179 Å². The van der Waals surface area contributed by atoms with E-state index in [1.54, 1.807) is 18.2 Å². The maximum absolute atomic E-state index is 12.4. The highest BCUT2D eigenvalue weighted by atomic mass is 35.5. The first-order valence-corrected chi connectivity index (χ1v) is 13.2. The minimum atomic E-state index is -1.17. The molecule has 2 aromatic carbocycles. The van der Waals surface area contributed by atoms with Gasteiger partial charge in [-0.05, 0) is 23.8 Å². The zero-order chi connectivity index (χ0) is 28.9. The number of benzene rings is 2. The van der Waals surface area contributed by atoms with Crippen molar-refractivity contribution in [1.82, 2.24) is 30.2 Å². The molecule has 13 nitrogen and oxygen atoms in total. The minimum absolute atomic E-state index is 0.174. The summed E-state index contributed by atoms with van der Waals surface area (Å²) in [5.74, 6) is 0.179. The van der Waals surface area contributed by atoms with E-state index in [1.807, 2.05) is 30.3 Å². The van der Waals surface area contributed by atoms with E-state index < -0.39 is 30.4 Å². The maximum atomic E-state index is 12.4. The molecule has 4 atom stereocenters. The van der Waals surface area contributed by atoms with Gasteiger partial charge >= 0.3 is 0 Å². The fourth-order valence-electron chi connectivity index (χ4n) is 4.46. The van der Waals surface area contributed by atoms with E-state index in [4.69, 9.17) is 26.8 Å². The van der Waals surface area contributed by atoms with Crippen LogP contribution in [0, 0.1) is 0 Å². The lowest BCUT2D eigenvalue weighted by Crippen LogP contribution is -2.46. The SMILES string of the molecule is CNC(=O)[C@H]1O[C@@H](n2cnc3c(NCc4cc(Cl)ccc4OCC(=O)NCc4ccccc4)ncnc32)[C@H](O)[C@@H]1N. The Morgan fingerprint density at radius 3 is 2.73 bits per heavy atom. The molecule has 2 amide bonds. The second-order valence-electron chi connectivity index (χ2n) is 9.33. The molecule has 0 unspecified atom stereocenters. The van der Waals surface area contributed by atoms with Crippen LogP contribution in [0.1, 0.15) is 17.4 Å². The molecule has 14 heteroatoms. The number of aliphatic hydroxyl groups is 1. The van der Waals surface area contributed by atoms with E-state index in [2.05, 4.69) is 30.9 Å². The summed E-state index contributed by atoms with van der Waals surface area (Å²) in [6.45, 7) is 0.467. The lowest BCUT2D eigenvalue weighted by molar-refractivity contribution is -0.134. The number of halogens is 1. The lowest BCUT2D eigenvalue weighted by atomic mass is 10.1. The zero-order valence-electron chi connectivity index (χ0n) is 22.0. The highest BCUT2D eigenvalue weighted by molar-refractivity contribution is 6.30. The number of nitrogens with two attached hydrogens (primary N) is 1. The second-order valence-corrected chi connectivity index (χ2v) is 9.77. The van der Waals surface area contributed by atoms with Crippen LogP contribution in [0.2, 0.25) is 5.02 Å². The second kappa shape index (κ2) is 12.5. The Hall–Kier alpha value is -4.30. The molecule has 1 aliphatic heterocycles. The predicted molar refractivity (Wildman–Crippen MR) is 150 cm³/mol. The standard InChI is InChI=1S/C27H29ClN8O5/c1-30-26(39)23-20(29)22(38)27(41-23)36-14-35-21-24(33-13-34-25(21)36)32-11-16-9-17(28)7-8-18(16)40-12-19(37)31-10-15-5-3-2-4-6-15/h2-9,13-14,20,22-23,27,38H,10-12,29H2,1H3,(H,30,39)(H,31,37)(H,32,33,34)/t20-,22+,23-,27+/m0/s1. The molecular formula is C27H29ClN8O5. The summed E-state index contributed by atoms with van der Waals surface area (Å²) < 4.78 is 13.1. The molecule has 0 bridgehead atoms. The van der Waals surface area contributed by atoms with Gasteiger partial charge in [-0.25, -0.2) is 15.0 Å². The number of hydrogen-bond donors (Lipinski definition) is 5. The normalized spacial score (nSPS) is 20.1. The van der Waals surface area contributed by atoms with Crippen LogP contribution in [-0.4, -0.2) is 68.3 Å². The van der Waals surface area contributed by atoms with Crippen molar-refractivity contribution in [1.29, 1.82) is 0 Å². The number of nitrogens with one attached hydrogen (secondary N) is 3. The lowest BCUT2D eigenvalue weighted by Gasteiger charge is -2.17. The third-order valence-electron chi connectivity index (χ3n) is 6.62. The Kier molecular flexibility index (Phi) is 8.59. The number of aromatic nitrogens is 4. The van der Waals surface area contributed by atoms with E-state index in [-0.39, 0.29) is 19.1 Å². The Morgan fingerprint density at radius 1 is 1.15 bits per heavy atom. The van der Waals surface area contributed by atoms with Gasteiger partial charge in [-0.2, -0.15) is 0 Å². The van der Waals surface area contributed by atoms with Crippen LogP contribution in [0.15, 0.2) is 61.2 Å². The average molecular weight is 581 g/mol. The summed E-state index contributed by atoms with van der Waals surface area (Å²) in [6.07, 6.45) is -0.386. The van der Waals surface area contributed by atoms with Gasteiger partial charge in [-0.1, -0.05) is 41.9 Å². The summed E-state index contributed by atoms with van der Waals surface area (Å²) >= 11 is 6.24. The third-order valence-corrected chi connectivity index (χ3v) is 6.86. The molecule has 214 valence electrons. The maximum Gasteiger partial charge on any atom is 0.258 e. The van der Waals surface area contributed by atoms with Gasteiger partial charge in [-0.15, -0.1) is 0 Å². The van der Waals surface area contributed by atoms with Crippen LogP contribution in [-0.2, 0) is 27.4 Å². The molecule has 4 aromatic rings. The number of amides is 2. The molecule has 5 rings (SSSR count). The van der Waals surface area contributed by atoms with Gasteiger partial charge in [0.25, 0.3) is 11.8 Å². The molecular weight excluding hydrogens is 552 g/mol. The number of aliphatic hydroxyl groups excluding tert-OH is 1. The van der Waals surface area contributed by atoms with Gasteiger partial charge in [0.1, 0.15) is 18.2 Å².